The predicted molar refractivity (Wildman–Crippen MR) is 65.6 cm³/mol. The molecule has 1 aromatic rings. The number of aliphatic hydroxyl groups is 1. The van der Waals surface area contributed by atoms with Gasteiger partial charge in [-0.1, -0.05) is 0 Å². The molecule has 4 heteroatoms. The molecule has 0 saturated heterocycles. The number of aromatic nitrogens is 1. The molecular formula is C12H19N3O. The monoisotopic (exact) mass is 221 g/mol. The molecule has 16 heavy (non-hydrogen) atoms. The molecule has 0 spiro atoms. The van der Waals surface area contributed by atoms with E-state index >= 15 is 0 Å². The third-order valence-electron chi connectivity index (χ3n) is 2.80. The molecule has 1 atom stereocenters. The van der Waals surface area contributed by atoms with E-state index in [1.54, 1.807) is 6.20 Å². The van der Waals surface area contributed by atoms with Crippen molar-refractivity contribution in [2.75, 3.05) is 23.7 Å². The Morgan fingerprint density at radius 2 is 2.31 bits per heavy atom. The summed E-state index contributed by atoms with van der Waals surface area (Å²) in [5, 5.41) is 16.1. The first-order chi connectivity index (χ1) is 7.79. The summed E-state index contributed by atoms with van der Waals surface area (Å²) in [4.78, 5) is 4.19. The van der Waals surface area contributed by atoms with Gasteiger partial charge in [-0.15, -0.1) is 0 Å². The van der Waals surface area contributed by atoms with Crippen molar-refractivity contribution in [2.24, 2.45) is 5.92 Å². The number of rotatable bonds is 6. The minimum atomic E-state index is -0.212. The standard InChI is InChI=1S/C12H19N3O/c1-2-13-12-7-10(5-6-14-12)15-8-11(16)9-3-4-9/h5-7,9,11,16H,2-4,8H2,1H3,(H2,13,14,15). The van der Waals surface area contributed by atoms with Crippen LogP contribution in [0, 0.1) is 5.92 Å². The Balaban J connectivity index is 1.85. The maximum atomic E-state index is 9.73. The number of anilines is 2. The van der Waals surface area contributed by atoms with Gasteiger partial charge in [0.05, 0.1) is 6.10 Å². The summed E-state index contributed by atoms with van der Waals surface area (Å²) in [6.07, 6.45) is 3.89. The van der Waals surface area contributed by atoms with Crippen molar-refractivity contribution in [2.45, 2.75) is 25.9 Å². The van der Waals surface area contributed by atoms with Gasteiger partial charge in [0.2, 0.25) is 0 Å². The van der Waals surface area contributed by atoms with Gasteiger partial charge in [-0.3, -0.25) is 0 Å². The lowest BCUT2D eigenvalue weighted by Gasteiger charge is -2.12. The van der Waals surface area contributed by atoms with Gasteiger partial charge < -0.3 is 15.7 Å². The second kappa shape index (κ2) is 5.16. The van der Waals surface area contributed by atoms with Gasteiger partial charge in [0.1, 0.15) is 5.82 Å². The zero-order valence-electron chi connectivity index (χ0n) is 9.61. The summed E-state index contributed by atoms with van der Waals surface area (Å²) in [5.41, 5.74) is 1.01. The van der Waals surface area contributed by atoms with Crippen LogP contribution in [0.15, 0.2) is 18.3 Å². The Kier molecular flexibility index (Phi) is 3.62. The molecule has 1 aromatic heterocycles. The maximum Gasteiger partial charge on any atom is 0.127 e. The molecule has 1 aliphatic carbocycles. The average Bonchev–Trinajstić information content (AvgIpc) is 3.11. The third-order valence-corrected chi connectivity index (χ3v) is 2.80. The molecule has 4 nitrogen and oxygen atoms in total. The highest BCUT2D eigenvalue weighted by Gasteiger charge is 2.29. The molecule has 0 bridgehead atoms. The van der Waals surface area contributed by atoms with E-state index in [-0.39, 0.29) is 6.10 Å². The van der Waals surface area contributed by atoms with Crippen molar-refractivity contribution < 1.29 is 5.11 Å². The summed E-state index contributed by atoms with van der Waals surface area (Å²) in [7, 11) is 0. The second-order valence-electron chi connectivity index (χ2n) is 4.25. The number of hydrogen-bond acceptors (Lipinski definition) is 4. The molecule has 2 rings (SSSR count). The molecule has 1 heterocycles. The third kappa shape index (κ3) is 3.10. The molecule has 3 N–H and O–H groups in total. The topological polar surface area (TPSA) is 57.2 Å². The molecule has 0 amide bonds. The fourth-order valence-electron chi connectivity index (χ4n) is 1.69. The number of hydrogen-bond donors (Lipinski definition) is 3. The van der Waals surface area contributed by atoms with E-state index in [0.717, 1.165) is 18.1 Å². The van der Waals surface area contributed by atoms with Crippen LogP contribution in [0.2, 0.25) is 0 Å². The Morgan fingerprint density at radius 1 is 1.50 bits per heavy atom. The van der Waals surface area contributed by atoms with Crippen LogP contribution in [0.25, 0.3) is 0 Å². The van der Waals surface area contributed by atoms with Gasteiger partial charge in [0, 0.05) is 31.0 Å². The Labute approximate surface area is 96.1 Å². The van der Waals surface area contributed by atoms with Crippen LogP contribution in [0.1, 0.15) is 19.8 Å². The first-order valence-corrected chi connectivity index (χ1v) is 5.91. The lowest BCUT2D eigenvalue weighted by molar-refractivity contribution is 0.164. The number of aliphatic hydroxyl groups excluding tert-OH is 1. The normalized spacial score (nSPS) is 16.9. The van der Waals surface area contributed by atoms with E-state index in [2.05, 4.69) is 15.6 Å². The number of nitrogens with one attached hydrogen (secondary N) is 2. The van der Waals surface area contributed by atoms with Crippen LogP contribution in [0.3, 0.4) is 0 Å². The van der Waals surface area contributed by atoms with Crippen LogP contribution < -0.4 is 10.6 Å². The van der Waals surface area contributed by atoms with Gasteiger partial charge >= 0.3 is 0 Å². The zero-order chi connectivity index (χ0) is 11.4. The van der Waals surface area contributed by atoms with E-state index in [4.69, 9.17) is 0 Å². The Bertz CT molecular complexity index is 339. The number of pyridine rings is 1. The molecule has 1 unspecified atom stereocenters. The van der Waals surface area contributed by atoms with Crippen LogP contribution in [-0.2, 0) is 0 Å². The van der Waals surface area contributed by atoms with Gasteiger partial charge in [-0.25, -0.2) is 4.98 Å². The summed E-state index contributed by atoms with van der Waals surface area (Å²) in [6, 6.07) is 3.88. The minimum Gasteiger partial charge on any atom is -0.391 e. The van der Waals surface area contributed by atoms with Gasteiger partial charge in [-0.05, 0) is 31.7 Å². The molecular weight excluding hydrogens is 202 g/mol. The van der Waals surface area contributed by atoms with Gasteiger partial charge in [-0.2, -0.15) is 0 Å². The molecule has 88 valence electrons. The largest absolute Gasteiger partial charge is 0.391 e. The lowest BCUT2D eigenvalue weighted by Crippen LogP contribution is -2.21. The maximum absolute atomic E-state index is 9.73. The number of nitrogens with zero attached hydrogens (tertiary/aromatic N) is 1. The lowest BCUT2D eigenvalue weighted by atomic mass is 10.2. The van der Waals surface area contributed by atoms with E-state index in [1.807, 2.05) is 19.1 Å². The molecule has 0 aromatic carbocycles. The molecule has 1 fully saturated rings. The summed E-state index contributed by atoms with van der Waals surface area (Å²) >= 11 is 0. The highest BCUT2D eigenvalue weighted by atomic mass is 16.3. The van der Waals surface area contributed by atoms with Crippen molar-refractivity contribution in [1.82, 2.24) is 4.98 Å². The zero-order valence-corrected chi connectivity index (χ0v) is 9.61. The highest BCUT2D eigenvalue weighted by molar-refractivity contribution is 5.51. The van der Waals surface area contributed by atoms with Crippen molar-refractivity contribution >= 4 is 11.5 Å². The second-order valence-corrected chi connectivity index (χ2v) is 4.25. The minimum absolute atomic E-state index is 0.212. The highest BCUT2D eigenvalue weighted by Crippen LogP contribution is 2.32. The van der Waals surface area contributed by atoms with Crippen molar-refractivity contribution in [3.8, 4) is 0 Å². The van der Waals surface area contributed by atoms with Crippen molar-refractivity contribution in [3.63, 3.8) is 0 Å². The summed E-state index contributed by atoms with van der Waals surface area (Å²) in [6.45, 7) is 3.53. The first kappa shape index (κ1) is 11.2. The van der Waals surface area contributed by atoms with Crippen LogP contribution in [0.4, 0.5) is 11.5 Å². The van der Waals surface area contributed by atoms with E-state index in [9.17, 15) is 5.11 Å². The van der Waals surface area contributed by atoms with E-state index in [0.29, 0.717) is 12.5 Å². The molecule has 0 radical (unpaired) electrons. The SMILES string of the molecule is CCNc1cc(NCC(O)C2CC2)ccn1. The Hall–Kier alpha value is -1.29. The fourth-order valence-corrected chi connectivity index (χ4v) is 1.69. The predicted octanol–water partition coefficient (Wildman–Crippen LogP) is 1.70. The van der Waals surface area contributed by atoms with E-state index in [1.165, 1.54) is 12.8 Å². The summed E-state index contributed by atoms with van der Waals surface area (Å²) in [5.74, 6) is 1.39. The van der Waals surface area contributed by atoms with Crippen LogP contribution in [0.5, 0.6) is 0 Å². The van der Waals surface area contributed by atoms with Gasteiger partial charge in [0.25, 0.3) is 0 Å². The van der Waals surface area contributed by atoms with E-state index < -0.39 is 0 Å². The average molecular weight is 221 g/mol. The molecule has 1 saturated carbocycles. The first-order valence-electron chi connectivity index (χ1n) is 5.91. The quantitative estimate of drug-likeness (QED) is 0.684. The van der Waals surface area contributed by atoms with Crippen LogP contribution in [-0.4, -0.2) is 29.3 Å². The fraction of sp³-hybridized carbons (Fsp3) is 0.583. The van der Waals surface area contributed by atoms with Crippen LogP contribution >= 0.6 is 0 Å². The molecule has 0 aliphatic heterocycles. The van der Waals surface area contributed by atoms with Crippen molar-refractivity contribution in [3.05, 3.63) is 18.3 Å². The van der Waals surface area contributed by atoms with Crippen molar-refractivity contribution in [1.29, 1.82) is 0 Å². The smallest absolute Gasteiger partial charge is 0.127 e. The molecule has 1 aliphatic rings. The summed E-state index contributed by atoms with van der Waals surface area (Å²) < 4.78 is 0. The Morgan fingerprint density at radius 3 is 3.00 bits per heavy atom. The van der Waals surface area contributed by atoms with Gasteiger partial charge in [0.15, 0.2) is 0 Å².